The molecule has 0 aliphatic heterocycles. The molecule has 146 valence electrons. The number of ether oxygens (including phenoxy) is 1. The number of aliphatic hydroxyl groups excluding tert-OH is 1. The Labute approximate surface area is 160 Å². The number of benzene rings is 2. The van der Waals surface area contributed by atoms with Crippen molar-refractivity contribution in [2.75, 3.05) is 18.5 Å². The predicted molar refractivity (Wildman–Crippen MR) is 100 cm³/mol. The van der Waals surface area contributed by atoms with Crippen LogP contribution in [0.2, 0.25) is 0 Å². The van der Waals surface area contributed by atoms with Gasteiger partial charge in [0.25, 0.3) is 5.91 Å². The summed E-state index contributed by atoms with van der Waals surface area (Å²) in [4.78, 5) is 35.4. The van der Waals surface area contributed by atoms with Crippen LogP contribution < -0.4 is 10.1 Å². The van der Waals surface area contributed by atoms with E-state index in [1.807, 2.05) is 0 Å². The summed E-state index contributed by atoms with van der Waals surface area (Å²) in [6.45, 7) is 1.23. The van der Waals surface area contributed by atoms with E-state index in [4.69, 9.17) is 14.9 Å². The highest BCUT2D eigenvalue weighted by Gasteiger charge is 2.23. The van der Waals surface area contributed by atoms with E-state index in [0.29, 0.717) is 11.4 Å². The average molecular weight is 385 g/mol. The summed E-state index contributed by atoms with van der Waals surface area (Å²) in [5.74, 6) is -1.92. The molecule has 1 amide bonds. The van der Waals surface area contributed by atoms with E-state index in [1.54, 1.807) is 30.3 Å². The van der Waals surface area contributed by atoms with E-state index in [2.05, 4.69) is 15.5 Å². The third-order valence-electron chi connectivity index (χ3n) is 3.53. The van der Waals surface area contributed by atoms with Crippen LogP contribution in [0.4, 0.5) is 11.4 Å². The lowest BCUT2D eigenvalue weighted by Crippen LogP contribution is -2.31. The first kappa shape index (κ1) is 20.7. The minimum Gasteiger partial charge on any atom is -0.491 e. The maximum absolute atomic E-state index is 12.4. The normalized spacial score (nSPS) is 11.8. The van der Waals surface area contributed by atoms with Crippen molar-refractivity contribution in [1.29, 1.82) is 0 Å². The molecule has 0 saturated carbocycles. The Hall–Kier alpha value is -3.59. The molecular weight excluding hydrogens is 366 g/mol. The molecule has 2 rings (SSSR count). The van der Waals surface area contributed by atoms with Gasteiger partial charge in [-0.2, -0.15) is 10.2 Å². The van der Waals surface area contributed by atoms with Crippen molar-refractivity contribution in [3.8, 4) is 5.75 Å². The van der Waals surface area contributed by atoms with Crippen LogP contribution in [0.1, 0.15) is 17.3 Å². The number of amides is 1. The topological polar surface area (TPSA) is 138 Å². The molecule has 0 saturated heterocycles. The van der Waals surface area contributed by atoms with Crippen molar-refractivity contribution in [1.82, 2.24) is 0 Å². The number of aromatic carboxylic acids is 1. The van der Waals surface area contributed by atoms with Gasteiger partial charge < -0.3 is 20.3 Å². The molecule has 3 N–H and O–H groups in total. The van der Waals surface area contributed by atoms with Crippen LogP contribution in [0.3, 0.4) is 0 Å². The number of carboxylic acids is 1. The van der Waals surface area contributed by atoms with Crippen LogP contribution in [0.25, 0.3) is 0 Å². The number of aliphatic hydroxyl groups is 1. The van der Waals surface area contributed by atoms with Gasteiger partial charge in [-0.25, -0.2) is 4.79 Å². The second-order valence-electron chi connectivity index (χ2n) is 5.64. The number of azo groups is 1. The quantitative estimate of drug-likeness (QED) is 0.448. The van der Waals surface area contributed by atoms with Crippen molar-refractivity contribution in [2.24, 2.45) is 10.2 Å². The number of hydrogen-bond donors (Lipinski definition) is 3. The van der Waals surface area contributed by atoms with Gasteiger partial charge >= 0.3 is 5.97 Å². The Balaban J connectivity index is 2.12. The van der Waals surface area contributed by atoms with Crippen molar-refractivity contribution < 1.29 is 29.3 Å². The fraction of sp³-hybridized carbons (Fsp3) is 0.211. The Morgan fingerprint density at radius 1 is 1.11 bits per heavy atom. The fourth-order valence-electron chi connectivity index (χ4n) is 2.19. The number of carboxylic acid groups (broad SMARTS) is 1. The van der Waals surface area contributed by atoms with Crippen LogP contribution >= 0.6 is 0 Å². The number of Topliss-reactive ketones (excluding diaryl/α,β-unsaturated/α-hetero) is 1. The van der Waals surface area contributed by atoms with Crippen molar-refractivity contribution >= 4 is 29.0 Å². The molecule has 1 unspecified atom stereocenters. The predicted octanol–water partition coefficient (Wildman–Crippen LogP) is 2.44. The lowest BCUT2D eigenvalue weighted by Gasteiger charge is -2.10. The van der Waals surface area contributed by atoms with Gasteiger partial charge in [-0.3, -0.25) is 9.59 Å². The summed E-state index contributed by atoms with van der Waals surface area (Å²) in [7, 11) is 0. The van der Waals surface area contributed by atoms with Crippen LogP contribution in [-0.2, 0) is 9.59 Å². The number of carbonyl (C=O) groups is 3. The first-order valence-corrected chi connectivity index (χ1v) is 8.30. The maximum atomic E-state index is 12.4. The molecule has 2 aromatic rings. The first-order chi connectivity index (χ1) is 13.4. The Bertz CT molecular complexity index is 879. The van der Waals surface area contributed by atoms with Crippen molar-refractivity contribution in [3.05, 3.63) is 54.1 Å². The molecule has 0 spiro atoms. The number of ketones is 1. The molecule has 0 bridgehead atoms. The number of nitrogens with one attached hydrogen (secondary N) is 1. The van der Waals surface area contributed by atoms with Crippen LogP contribution in [0.15, 0.2) is 58.8 Å². The molecule has 0 radical (unpaired) electrons. The van der Waals surface area contributed by atoms with E-state index < -0.39 is 23.7 Å². The van der Waals surface area contributed by atoms with E-state index in [9.17, 15) is 14.4 Å². The smallest absolute Gasteiger partial charge is 0.337 e. The van der Waals surface area contributed by atoms with Gasteiger partial charge in [-0.15, -0.1) is 0 Å². The van der Waals surface area contributed by atoms with Crippen molar-refractivity contribution in [2.45, 2.75) is 13.0 Å². The Morgan fingerprint density at radius 2 is 1.79 bits per heavy atom. The zero-order chi connectivity index (χ0) is 20.5. The summed E-state index contributed by atoms with van der Waals surface area (Å²) < 4.78 is 5.22. The molecule has 2 aromatic carbocycles. The van der Waals surface area contributed by atoms with Crippen LogP contribution in [0, 0.1) is 0 Å². The zero-order valence-electron chi connectivity index (χ0n) is 15.0. The lowest BCUT2D eigenvalue weighted by molar-refractivity contribution is -0.126. The molecule has 0 aliphatic carbocycles. The minimum atomic E-state index is -1.42. The zero-order valence-corrected chi connectivity index (χ0v) is 15.0. The van der Waals surface area contributed by atoms with Crippen LogP contribution in [0.5, 0.6) is 5.75 Å². The molecule has 0 fully saturated rings. The summed E-state index contributed by atoms with van der Waals surface area (Å²) in [6.07, 6.45) is 0. The van der Waals surface area contributed by atoms with Gasteiger partial charge in [-0.05, 0) is 43.3 Å². The second kappa shape index (κ2) is 9.93. The largest absolute Gasteiger partial charge is 0.491 e. The van der Waals surface area contributed by atoms with Gasteiger partial charge in [0.05, 0.1) is 17.9 Å². The van der Waals surface area contributed by atoms with Crippen molar-refractivity contribution in [3.63, 3.8) is 0 Å². The third kappa shape index (κ3) is 5.71. The van der Waals surface area contributed by atoms with Gasteiger partial charge in [0.2, 0.25) is 6.04 Å². The minimum absolute atomic E-state index is 0.0411. The van der Waals surface area contributed by atoms with E-state index in [1.165, 1.54) is 25.1 Å². The van der Waals surface area contributed by atoms with Crippen LogP contribution in [-0.4, -0.2) is 47.1 Å². The number of hydrogen-bond acceptors (Lipinski definition) is 7. The molecule has 28 heavy (non-hydrogen) atoms. The molecule has 9 heteroatoms. The second-order valence-corrected chi connectivity index (χ2v) is 5.64. The number of anilines is 1. The molecule has 0 aliphatic rings. The lowest BCUT2D eigenvalue weighted by atomic mass is 10.2. The van der Waals surface area contributed by atoms with E-state index in [-0.39, 0.29) is 24.5 Å². The summed E-state index contributed by atoms with van der Waals surface area (Å²) in [5.41, 5.74) is 0.362. The standard InChI is InChI=1S/C19H19N3O6/c1-12(24)17(22-21-16-5-3-2-4-15(16)19(26)27)18(25)20-13-6-8-14(9-7-13)28-11-10-23/h2-9,17,23H,10-11H2,1H3,(H,20,25)(H,26,27). The SMILES string of the molecule is CC(=O)C(N=Nc1ccccc1C(=O)O)C(=O)Nc1ccc(OCCO)cc1. The van der Waals surface area contributed by atoms with E-state index >= 15 is 0 Å². The molecule has 0 aromatic heterocycles. The first-order valence-electron chi connectivity index (χ1n) is 8.30. The van der Waals surface area contributed by atoms with Gasteiger partial charge in [0.15, 0.2) is 5.78 Å². The Kier molecular flexibility index (Phi) is 7.35. The van der Waals surface area contributed by atoms with Gasteiger partial charge in [0.1, 0.15) is 12.4 Å². The summed E-state index contributed by atoms with van der Waals surface area (Å²) in [5, 5.41) is 27.9. The van der Waals surface area contributed by atoms with Gasteiger partial charge in [0, 0.05) is 5.69 Å². The maximum Gasteiger partial charge on any atom is 0.337 e. The number of nitrogens with zero attached hydrogens (tertiary/aromatic N) is 2. The molecule has 9 nitrogen and oxygen atoms in total. The average Bonchev–Trinajstić information content (AvgIpc) is 2.67. The molecule has 0 heterocycles. The molecule has 1 atom stereocenters. The number of carbonyl (C=O) groups excluding carboxylic acids is 2. The van der Waals surface area contributed by atoms with Gasteiger partial charge in [-0.1, -0.05) is 12.1 Å². The molecular formula is C19H19N3O6. The highest BCUT2D eigenvalue weighted by molar-refractivity contribution is 6.10. The summed E-state index contributed by atoms with van der Waals surface area (Å²) >= 11 is 0. The highest BCUT2D eigenvalue weighted by Crippen LogP contribution is 2.20. The van der Waals surface area contributed by atoms with E-state index in [0.717, 1.165) is 0 Å². The number of rotatable bonds is 9. The summed E-state index contributed by atoms with van der Waals surface area (Å²) in [6, 6.07) is 10.8. The Morgan fingerprint density at radius 3 is 2.39 bits per heavy atom. The fourth-order valence-corrected chi connectivity index (χ4v) is 2.19. The monoisotopic (exact) mass is 385 g/mol. The highest BCUT2D eigenvalue weighted by atomic mass is 16.5. The third-order valence-corrected chi connectivity index (χ3v) is 3.53.